The van der Waals surface area contributed by atoms with Crippen molar-refractivity contribution in [3.05, 3.63) is 42.5 Å². The number of ether oxygens (including phenoxy) is 1. The first kappa shape index (κ1) is 12.6. The first-order valence-corrected chi connectivity index (χ1v) is 5.82. The van der Waals surface area contributed by atoms with Crippen LogP contribution in [-0.4, -0.2) is 23.3 Å². The molecule has 18 heavy (non-hydrogen) atoms. The number of halogens is 1. The standard InChI is InChI=1S/C13H16FN3O/c1-18-10-2-8-17-9-7-15-13(17)16-12-5-3-11(14)4-6-12/h3-7,9H,2,8,10H2,1H3,(H,15,16). The molecule has 1 N–H and O–H groups in total. The highest BCUT2D eigenvalue weighted by molar-refractivity contribution is 5.53. The van der Waals surface area contributed by atoms with Crippen molar-refractivity contribution in [3.63, 3.8) is 0 Å². The average molecular weight is 249 g/mol. The Morgan fingerprint density at radius 3 is 2.83 bits per heavy atom. The third-order valence-corrected chi connectivity index (χ3v) is 2.56. The van der Waals surface area contributed by atoms with E-state index >= 15 is 0 Å². The van der Waals surface area contributed by atoms with Gasteiger partial charge in [0.1, 0.15) is 5.82 Å². The summed E-state index contributed by atoms with van der Waals surface area (Å²) in [5.74, 6) is 0.502. The lowest BCUT2D eigenvalue weighted by molar-refractivity contribution is 0.190. The van der Waals surface area contributed by atoms with Gasteiger partial charge in [-0.05, 0) is 30.7 Å². The minimum atomic E-state index is -0.246. The Bertz CT molecular complexity index is 481. The zero-order valence-corrected chi connectivity index (χ0v) is 10.3. The number of rotatable bonds is 6. The Balaban J connectivity index is 2.00. The highest BCUT2D eigenvalue weighted by Gasteiger charge is 2.02. The van der Waals surface area contributed by atoms with Crippen molar-refractivity contribution in [2.45, 2.75) is 13.0 Å². The molecule has 0 saturated heterocycles. The Hall–Kier alpha value is -1.88. The molecule has 0 radical (unpaired) electrons. The fourth-order valence-corrected chi connectivity index (χ4v) is 1.66. The summed E-state index contributed by atoms with van der Waals surface area (Å²) >= 11 is 0. The lowest BCUT2D eigenvalue weighted by Gasteiger charge is -2.09. The first-order chi connectivity index (χ1) is 8.79. The van der Waals surface area contributed by atoms with Crippen LogP contribution in [0.15, 0.2) is 36.7 Å². The van der Waals surface area contributed by atoms with E-state index in [9.17, 15) is 4.39 Å². The first-order valence-electron chi connectivity index (χ1n) is 5.82. The maximum atomic E-state index is 12.8. The number of nitrogens with one attached hydrogen (secondary N) is 1. The molecule has 1 heterocycles. The topological polar surface area (TPSA) is 39.1 Å². The van der Waals surface area contributed by atoms with Gasteiger partial charge in [0.05, 0.1) is 0 Å². The van der Waals surface area contributed by atoms with Gasteiger partial charge < -0.3 is 14.6 Å². The minimum Gasteiger partial charge on any atom is -0.385 e. The van der Waals surface area contributed by atoms with Gasteiger partial charge in [-0.3, -0.25) is 0 Å². The largest absolute Gasteiger partial charge is 0.385 e. The molecular formula is C13H16FN3O. The van der Waals surface area contributed by atoms with Crippen molar-refractivity contribution in [1.82, 2.24) is 9.55 Å². The number of benzene rings is 1. The third kappa shape index (κ3) is 3.30. The van der Waals surface area contributed by atoms with Crippen LogP contribution in [0.25, 0.3) is 0 Å². The van der Waals surface area contributed by atoms with Crippen molar-refractivity contribution in [2.75, 3.05) is 19.0 Å². The third-order valence-electron chi connectivity index (χ3n) is 2.56. The summed E-state index contributed by atoms with van der Waals surface area (Å²) in [5.41, 5.74) is 0.815. The number of hydrogen-bond donors (Lipinski definition) is 1. The molecule has 5 heteroatoms. The summed E-state index contributed by atoms with van der Waals surface area (Å²) in [7, 11) is 1.69. The molecule has 0 aliphatic carbocycles. The van der Waals surface area contributed by atoms with Crippen LogP contribution in [-0.2, 0) is 11.3 Å². The van der Waals surface area contributed by atoms with Gasteiger partial charge >= 0.3 is 0 Å². The van der Waals surface area contributed by atoms with Crippen LogP contribution in [0, 0.1) is 5.82 Å². The maximum absolute atomic E-state index is 12.8. The molecule has 0 aliphatic heterocycles. The highest BCUT2D eigenvalue weighted by atomic mass is 19.1. The van der Waals surface area contributed by atoms with E-state index in [4.69, 9.17) is 4.74 Å². The van der Waals surface area contributed by atoms with Gasteiger partial charge in [0, 0.05) is 38.3 Å². The number of aromatic nitrogens is 2. The van der Waals surface area contributed by atoms with Gasteiger partial charge in [0.2, 0.25) is 5.95 Å². The molecule has 0 bridgehead atoms. The molecule has 4 nitrogen and oxygen atoms in total. The molecule has 1 aromatic carbocycles. The maximum Gasteiger partial charge on any atom is 0.207 e. The lowest BCUT2D eigenvalue weighted by Crippen LogP contribution is -2.05. The second-order valence-electron chi connectivity index (χ2n) is 3.92. The molecule has 96 valence electrons. The van der Waals surface area contributed by atoms with Crippen LogP contribution < -0.4 is 5.32 Å². The Kier molecular flexibility index (Phi) is 4.30. The summed E-state index contributed by atoms with van der Waals surface area (Å²) in [6, 6.07) is 6.20. The quantitative estimate of drug-likeness (QED) is 0.800. The van der Waals surface area contributed by atoms with E-state index in [1.807, 2.05) is 10.8 Å². The summed E-state index contributed by atoms with van der Waals surface area (Å²) in [4.78, 5) is 4.23. The van der Waals surface area contributed by atoms with Crippen LogP contribution >= 0.6 is 0 Å². The second-order valence-corrected chi connectivity index (χ2v) is 3.92. The average Bonchev–Trinajstić information content (AvgIpc) is 2.80. The molecule has 2 aromatic rings. The fourth-order valence-electron chi connectivity index (χ4n) is 1.66. The SMILES string of the molecule is COCCCn1ccnc1Nc1ccc(F)cc1. The van der Waals surface area contributed by atoms with Crippen LogP contribution in [0.5, 0.6) is 0 Å². The molecule has 0 saturated carbocycles. The summed E-state index contributed by atoms with van der Waals surface area (Å²) in [5, 5.41) is 3.15. The second kappa shape index (κ2) is 6.16. The van der Waals surface area contributed by atoms with Gasteiger partial charge in [-0.2, -0.15) is 0 Å². The summed E-state index contributed by atoms with van der Waals surface area (Å²) in [6.07, 6.45) is 4.56. The van der Waals surface area contributed by atoms with Crippen LogP contribution in [0.4, 0.5) is 16.0 Å². The Morgan fingerprint density at radius 2 is 2.11 bits per heavy atom. The highest BCUT2D eigenvalue weighted by Crippen LogP contribution is 2.15. The number of imidazole rings is 1. The number of hydrogen-bond acceptors (Lipinski definition) is 3. The monoisotopic (exact) mass is 249 g/mol. The molecular weight excluding hydrogens is 233 g/mol. The predicted octanol–water partition coefficient (Wildman–Crippen LogP) is 2.80. The number of aryl methyl sites for hydroxylation is 1. The van der Waals surface area contributed by atoms with Gasteiger partial charge in [-0.1, -0.05) is 0 Å². The van der Waals surface area contributed by atoms with Crippen molar-refractivity contribution in [3.8, 4) is 0 Å². The van der Waals surface area contributed by atoms with E-state index in [1.54, 1.807) is 25.4 Å². The van der Waals surface area contributed by atoms with Crippen LogP contribution in [0.1, 0.15) is 6.42 Å². The number of anilines is 2. The number of methoxy groups -OCH3 is 1. The number of nitrogens with zero attached hydrogens (tertiary/aromatic N) is 2. The molecule has 0 unspecified atom stereocenters. The molecule has 0 aliphatic rings. The minimum absolute atomic E-state index is 0.246. The van der Waals surface area contributed by atoms with E-state index < -0.39 is 0 Å². The van der Waals surface area contributed by atoms with Gasteiger partial charge in [0.25, 0.3) is 0 Å². The van der Waals surface area contributed by atoms with E-state index in [1.165, 1.54) is 12.1 Å². The summed E-state index contributed by atoms with van der Waals surface area (Å²) in [6.45, 7) is 1.55. The Morgan fingerprint density at radius 1 is 1.33 bits per heavy atom. The van der Waals surface area contributed by atoms with E-state index in [0.29, 0.717) is 6.61 Å². The van der Waals surface area contributed by atoms with Gasteiger partial charge in [-0.25, -0.2) is 9.37 Å². The Labute approximate surface area is 105 Å². The predicted molar refractivity (Wildman–Crippen MR) is 68.4 cm³/mol. The normalized spacial score (nSPS) is 10.6. The van der Waals surface area contributed by atoms with Crippen molar-refractivity contribution in [2.24, 2.45) is 0 Å². The fraction of sp³-hybridized carbons (Fsp3) is 0.308. The molecule has 0 amide bonds. The molecule has 0 fully saturated rings. The van der Waals surface area contributed by atoms with E-state index in [2.05, 4.69) is 10.3 Å². The molecule has 0 atom stereocenters. The summed E-state index contributed by atoms with van der Waals surface area (Å²) < 4.78 is 19.8. The van der Waals surface area contributed by atoms with E-state index in [0.717, 1.165) is 24.6 Å². The zero-order chi connectivity index (χ0) is 12.8. The van der Waals surface area contributed by atoms with Gasteiger partial charge in [0.15, 0.2) is 0 Å². The van der Waals surface area contributed by atoms with Crippen molar-refractivity contribution in [1.29, 1.82) is 0 Å². The van der Waals surface area contributed by atoms with Crippen LogP contribution in [0.3, 0.4) is 0 Å². The zero-order valence-electron chi connectivity index (χ0n) is 10.3. The van der Waals surface area contributed by atoms with Gasteiger partial charge in [-0.15, -0.1) is 0 Å². The molecule has 1 aromatic heterocycles. The van der Waals surface area contributed by atoms with Crippen LogP contribution in [0.2, 0.25) is 0 Å². The van der Waals surface area contributed by atoms with Crippen molar-refractivity contribution < 1.29 is 9.13 Å². The van der Waals surface area contributed by atoms with E-state index in [-0.39, 0.29) is 5.82 Å². The van der Waals surface area contributed by atoms with Crippen molar-refractivity contribution >= 4 is 11.6 Å². The lowest BCUT2D eigenvalue weighted by atomic mass is 10.3. The smallest absolute Gasteiger partial charge is 0.207 e. The molecule has 2 rings (SSSR count). The molecule has 0 spiro atoms.